The first-order valence-electron chi connectivity index (χ1n) is 4.13. The topological polar surface area (TPSA) is 41.5 Å². The second-order valence-corrected chi connectivity index (χ2v) is 3.34. The fourth-order valence-corrected chi connectivity index (χ4v) is 1.61. The van der Waals surface area contributed by atoms with Crippen molar-refractivity contribution in [3.05, 3.63) is 0 Å². The molecule has 0 aromatic carbocycles. The molecule has 1 fully saturated rings. The van der Waals surface area contributed by atoms with E-state index in [1.54, 1.807) is 7.11 Å². The third-order valence-electron chi connectivity index (χ3n) is 2.45. The molecule has 0 atom stereocenters. The maximum absolute atomic E-state index is 9.16. The van der Waals surface area contributed by atoms with Gasteiger partial charge in [0.05, 0.1) is 13.2 Å². The maximum atomic E-state index is 9.16. The molecule has 0 saturated carbocycles. The predicted octanol–water partition coefficient (Wildman–Crippen LogP) is -0.00510. The molecule has 0 aromatic heterocycles. The predicted molar refractivity (Wildman–Crippen MR) is 43.5 cm³/mol. The molecule has 0 amide bonds. The summed E-state index contributed by atoms with van der Waals surface area (Å²) >= 11 is 0. The molecule has 0 unspecified atom stereocenters. The minimum absolute atomic E-state index is 0.0417. The van der Waals surface area contributed by atoms with Gasteiger partial charge in [-0.25, -0.2) is 0 Å². The Labute approximate surface area is 67.7 Å². The van der Waals surface area contributed by atoms with Crippen molar-refractivity contribution in [2.75, 3.05) is 33.4 Å². The summed E-state index contributed by atoms with van der Waals surface area (Å²) < 4.78 is 5.09. The minimum Gasteiger partial charge on any atom is -0.396 e. The Hall–Kier alpha value is -0.120. The Morgan fingerprint density at radius 2 is 2.09 bits per heavy atom. The van der Waals surface area contributed by atoms with Gasteiger partial charge in [0.2, 0.25) is 0 Å². The number of ether oxygens (including phenoxy) is 1. The van der Waals surface area contributed by atoms with E-state index < -0.39 is 0 Å². The van der Waals surface area contributed by atoms with Crippen LogP contribution in [0.4, 0.5) is 0 Å². The SMILES string of the molecule is COCC1(CO)CCNCC1. The van der Waals surface area contributed by atoms with Crippen LogP contribution in [0.3, 0.4) is 0 Å². The fraction of sp³-hybridized carbons (Fsp3) is 1.00. The van der Waals surface area contributed by atoms with Crippen LogP contribution in [0.15, 0.2) is 0 Å². The Kier molecular flexibility index (Phi) is 3.30. The molecule has 0 radical (unpaired) electrons. The zero-order valence-corrected chi connectivity index (χ0v) is 7.10. The van der Waals surface area contributed by atoms with Crippen molar-refractivity contribution < 1.29 is 9.84 Å². The van der Waals surface area contributed by atoms with Gasteiger partial charge in [-0.05, 0) is 25.9 Å². The molecule has 3 heteroatoms. The number of rotatable bonds is 3. The maximum Gasteiger partial charge on any atom is 0.0541 e. The Morgan fingerprint density at radius 3 is 2.55 bits per heavy atom. The van der Waals surface area contributed by atoms with Gasteiger partial charge in [-0.2, -0.15) is 0 Å². The second kappa shape index (κ2) is 4.04. The Balaban J connectivity index is 2.42. The number of nitrogens with one attached hydrogen (secondary N) is 1. The lowest BCUT2D eigenvalue weighted by molar-refractivity contribution is 0.00765. The second-order valence-electron chi connectivity index (χ2n) is 3.34. The highest BCUT2D eigenvalue weighted by atomic mass is 16.5. The van der Waals surface area contributed by atoms with Crippen molar-refractivity contribution >= 4 is 0 Å². The molecule has 1 aliphatic rings. The highest BCUT2D eigenvalue weighted by molar-refractivity contribution is 4.83. The normalized spacial score (nSPS) is 23.5. The van der Waals surface area contributed by atoms with E-state index in [2.05, 4.69) is 5.32 Å². The van der Waals surface area contributed by atoms with Crippen LogP contribution in [-0.4, -0.2) is 38.5 Å². The summed E-state index contributed by atoms with van der Waals surface area (Å²) in [5.41, 5.74) is 0.0417. The van der Waals surface area contributed by atoms with Crippen LogP contribution in [0.2, 0.25) is 0 Å². The third kappa shape index (κ3) is 2.15. The van der Waals surface area contributed by atoms with E-state index >= 15 is 0 Å². The van der Waals surface area contributed by atoms with E-state index in [1.165, 1.54) is 0 Å². The molecule has 3 nitrogen and oxygen atoms in total. The smallest absolute Gasteiger partial charge is 0.0541 e. The molecule has 1 saturated heterocycles. The van der Waals surface area contributed by atoms with Crippen molar-refractivity contribution in [1.82, 2.24) is 5.32 Å². The van der Waals surface area contributed by atoms with Gasteiger partial charge in [-0.15, -0.1) is 0 Å². The van der Waals surface area contributed by atoms with E-state index in [9.17, 15) is 0 Å². The van der Waals surface area contributed by atoms with E-state index in [1.807, 2.05) is 0 Å². The van der Waals surface area contributed by atoms with Gasteiger partial charge < -0.3 is 15.2 Å². The number of aliphatic hydroxyl groups excluding tert-OH is 1. The first-order valence-corrected chi connectivity index (χ1v) is 4.13. The lowest BCUT2D eigenvalue weighted by Gasteiger charge is -2.35. The van der Waals surface area contributed by atoms with Gasteiger partial charge in [-0.3, -0.25) is 0 Å². The minimum atomic E-state index is 0.0417. The molecule has 0 spiro atoms. The number of methoxy groups -OCH3 is 1. The van der Waals surface area contributed by atoms with Crippen LogP contribution in [-0.2, 0) is 4.74 Å². The largest absolute Gasteiger partial charge is 0.396 e. The summed E-state index contributed by atoms with van der Waals surface area (Å²) in [6, 6.07) is 0. The first kappa shape index (κ1) is 8.97. The zero-order valence-electron chi connectivity index (χ0n) is 7.10. The summed E-state index contributed by atoms with van der Waals surface area (Å²) in [5.74, 6) is 0. The molecular weight excluding hydrogens is 142 g/mol. The lowest BCUT2D eigenvalue weighted by atomic mass is 9.80. The van der Waals surface area contributed by atoms with Crippen LogP contribution < -0.4 is 5.32 Å². The van der Waals surface area contributed by atoms with Crippen LogP contribution in [0.25, 0.3) is 0 Å². The quantitative estimate of drug-likeness (QED) is 0.609. The van der Waals surface area contributed by atoms with Gasteiger partial charge in [-0.1, -0.05) is 0 Å². The van der Waals surface area contributed by atoms with Crippen LogP contribution in [0.1, 0.15) is 12.8 Å². The molecule has 2 N–H and O–H groups in total. The summed E-state index contributed by atoms with van der Waals surface area (Å²) in [5, 5.41) is 12.4. The van der Waals surface area contributed by atoms with Crippen molar-refractivity contribution in [3.63, 3.8) is 0 Å². The summed E-state index contributed by atoms with van der Waals surface area (Å²) in [4.78, 5) is 0. The molecule has 66 valence electrons. The highest BCUT2D eigenvalue weighted by Crippen LogP contribution is 2.27. The number of hydrogen-bond donors (Lipinski definition) is 2. The zero-order chi connectivity index (χ0) is 8.16. The molecule has 1 rings (SSSR count). The summed E-state index contributed by atoms with van der Waals surface area (Å²) in [6.45, 7) is 2.95. The third-order valence-corrected chi connectivity index (χ3v) is 2.45. The highest BCUT2D eigenvalue weighted by Gasteiger charge is 2.30. The molecule has 1 aliphatic heterocycles. The van der Waals surface area contributed by atoms with Gasteiger partial charge in [0, 0.05) is 12.5 Å². The summed E-state index contributed by atoms with van der Waals surface area (Å²) in [7, 11) is 1.69. The van der Waals surface area contributed by atoms with E-state index in [0.717, 1.165) is 25.9 Å². The molecule has 1 heterocycles. The van der Waals surface area contributed by atoms with Gasteiger partial charge in [0.1, 0.15) is 0 Å². The van der Waals surface area contributed by atoms with E-state index in [4.69, 9.17) is 9.84 Å². The van der Waals surface area contributed by atoms with Crippen LogP contribution >= 0.6 is 0 Å². The molecule has 0 bridgehead atoms. The Morgan fingerprint density at radius 1 is 1.45 bits per heavy atom. The standard InChI is InChI=1S/C8H17NO2/c1-11-7-8(6-10)2-4-9-5-3-8/h9-10H,2-7H2,1H3. The molecule has 0 aromatic rings. The Bertz CT molecular complexity index is 105. The van der Waals surface area contributed by atoms with Crippen molar-refractivity contribution in [2.24, 2.45) is 5.41 Å². The number of aliphatic hydroxyl groups is 1. The first-order chi connectivity index (χ1) is 5.33. The van der Waals surface area contributed by atoms with Crippen molar-refractivity contribution in [2.45, 2.75) is 12.8 Å². The molecule has 11 heavy (non-hydrogen) atoms. The van der Waals surface area contributed by atoms with E-state index in [-0.39, 0.29) is 12.0 Å². The average Bonchev–Trinajstić information content (AvgIpc) is 2.07. The van der Waals surface area contributed by atoms with E-state index in [0.29, 0.717) is 6.61 Å². The average molecular weight is 159 g/mol. The molecule has 0 aliphatic carbocycles. The monoisotopic (exact) mass is 159 g/mol. The molecular formula is C8H17NO2. The fourth-order valence-electron chi connectivity index (χ4n) is 1.61. The lowest BCUT2D eigenvalue weighted by Crippen LogP contribution is -2.42. The van der Waals surface area contributed by atoms with Crippen molar-refractivity contribution in [3.8, 4) is 0 Å². The summed E-state index contributed by atoms with van der Waals surface area (Å²) in [6.07, 6.45) is 2.05. The number of piperidine rings is 1. The van der Waals surface area contributed by atoms with Crippen LogP contribution in [0.5, 0.6) is 0 Å². The van der Waals surface area contributed by atoms with Crippen LogP contribution in [0, 0.1) is 5.41 Å². The van der Waals surface area contributed by atoms with Gasteiger partial charge >= 0.3 is 0 Å². The number of hydrogen-bond acceptors (Lipinski definition) is 3. The van der Waals surface area contributed by atoms with Crippen molar-refractivity contribution in [1.29, 1.82) is 0 Å². The van der Waals surface area contributed by atoms with Gasteiger partial charge in [0.25, 0.3) is 0 Å². The van der Waals surface area contributed by atoms with Gasteiger partial charge in [0.15, 0.2) is 0 Å².